The first-order valence-corrected chi connectivity index (χ1v) is 4.56. The molecule has 1 aromatic carbocycles. The molecule has 0 unspecified atom stereocenters. The second-order valence-electron chi connectivity index (χ2n) is 3.79. The third-order valence-electron chi connectivity index (χ3n) is 2.15. The zero-order chi connectivity index (χ0) is 10.9. The van der Waals surface area contributed by atoms with Gasteiger partial charge in [-0.3, -0.25) is 0 Å². The number of aromatic hydroxyl groups is 1. The van der Waals surface area contributed by atoms with Gasteiger partial charge in [0, 0.05) is 11.0 Å². The van der Waals surface area contributed by atoms with Gasteiger partial charge in [-0.05, 0) is 12.1 Å². The van der Waals surface area contributed by atoms with Crippen LogP contribution in [0, 0.1) is 5.82 Å². The standard InChI is InChI=1S/C10H12ClFO2/c1-10(2,5-13)8-7(12)4-3-6(11)9(8)14/h3-4,13-14H,5H2,1-2H3. The lowest BCUT2D eigenvalue weighted by Crippen LogP contribution is -2.23. The van der Waals surface area contributed by atoms with Crippen molar-refractivity contribution in [1.29, 1.82) is 0 Å². The summed E-state index contributed by atoms with van der Waals surface area (Å²) in [6, 6.07) is 2.46. The van der Waals surface area contributed by atoms with Crippen LogP contribution in [0.5, 0.6) is 5.75 Å². The lowest BCUT2D eigenvalue weighted by Gasteiger charge is -2.24. The Morgan fingerprint density at radius 1 is 1.43 bits per heavy atom. The van der Waals surface area contributed by atoms with E-state index in [1.54, 1.807) is 13.8 Å². The van der Waals surface area contributed by atoms with Gasteiger partial charge in [0.1, 0.15) is 11.6 Å². The minimum Gasteiger partial charge on any atom is -0.506 e. The first-order chi connectivity index (χ1) is 6.40. The summed E-state index contributed by atoms with van der Waals surface area (Å²) < 4.78 is 13.4. The molecule has 0 atom stereocenters. The average Bonchev–Trinajstić information content (AvgIpc) is 2.12. The van der Waals surface area contributed by atoms with Gasteiger partial charge in [0.25, 0.3) is 0 Å². The highest BCUT2D eigenvalue weighted by Crippen LogP contribution is 2.37. The van der Waals surface area contributed by atoms with Crippen molar-refractivity contribution < 1.29 is 14.6 Å². The molecule has 0 aromatic heterocycles. The van der Waals surface area contributed by atoms with Gasteiger partial charge in [0.05, 0.1) is 11.6 Å². The molecule has 0 saturated carbocycles. The van der Waals surface area contributed by atoms with E-state index < -0.39 is 11.2 Å². The molecule has 0 fully saturated rings. The number of aliphatic hydroxyl groups is 1. The highest BCUT2D eigenvalue weighted by molar-refractivity contribution is 6.32. The van der Waals surface area contributed by atoms with Crippen LogP contribution in [0.3, 0.4) is 0 Å². The molecule has 14 heavy (non-hydrogen) atoms. The molecule has 1 aromatic rings. The quantitative estimate of drug-likeness (QED) is 0.801. The molecule has 0 heterocycles. The third kappa shape index (κ3) is 1.83. The van der Waals surface area contributed by atoms with Crippen molar-refractivity contribution in [3.05, 3.63) is 28.5 Å². The molecule has 2 N–H and O–H groups in total. The summed E-state index contributed by atoms with van der Waals surface area (Å²) in [5, 5.41) is 18.7. The number of benzene rings is 1. The van der Waals surface area contributed by atoms with Gasteiger partial charge in [-0.25, -0.2) is 4.39 Å². The van der Waals surface area contributed by atoms with Crippen LogP contribution in [-0.4, -0.2) is 16.8 Å². The molecule has 0 radical (unpaired) electrons. The molecule has 0 aliphatic heterocycles. The topological polar surface area (TPSA) is 40.5 Å². The molecule has 0 bridgehead atoms. The van der Waals surface area contributed by atoms with Crippen LogP contribution in [-0.2, 0) is 5.41 Å². The highest BCUT2D eigenvalue weighted by atomic mass is 35.5. The number of phenolic OH excluding ortho intramolecular Hbond substituents is 1. The number of halogens is 2. The van der Waals surface area contributed by atoms with Crippen LogP contribution in [0.15, 0.2) is 12.1 Å². The van der Waals surface area contributed by atoms with E-state index in [2.05, 4.69) is 0 Å². The molecule has 4 heteroatoms. The van der Waals surface area contributed by atoms with Gasteiger partial charge in [0.15, 0.2) is 0 Å². The van der Waals surface area contributed by atoms with Crippen LogP contribution in [0.4, 0.5) is 4.39 Å². The number of hydrogen-bond acceptors (Lipinski definition) is 2. The van der Waals surface area contributed by atoms with Gasteiger partial charge in [-0.15, -0.1) is 0 Å². The Hall–Kier alpha value is -0.800. The summed E-state index contributed by atoms with van der Waals surface area (Å²) in [6.45, 7) is 2.99. The van der Waals surface area contributed by atoms with Crippen LogP contribution in [0.2, 0.25) is 5.02 Å². The van der Waals surface area contributed by atoms with Gasteiger partial charge in [-0.2, -0.15) is 0 Å². The summed E-state index contributed by atoms with van der Waals surface area (Å²) >= 11 is 5.65. The zero-order valence-corrected chi connectivity index (χ0v) is 8.77. The molecule has 0 aliphatic carbocycles. The van der Waals surface area contributed by atoms with Crippen LogP contribution in [0.25, 0.3) is 0 Å². The Bertz CT molecular complexity index is 350. The maximum atomic E-state index is 13.4. The summed E-state index contributed by atoms with van der Waals surface area (Å²) in [6.07, 6.45) is 0. The van der Waals surface area contributed by atoms with E-state index in [1.165, 1.54) is 12.1 Å². The Morgan fingerprint density at radius 3 is 2.50 bits per heavy atom. The fourth-order valence-corrected chi connectivity index (χ4v) is 1.42. The van der Waals surface area contributed by atoms with Gasteiger partial charge in [0.2, 0.25) is 0 Å². The van der Waals surface area contributed by atoms with Crippen molar-refractivity contribution in [2.45, 2.75) is 19.3 Å². The molecule has 1 rings (SSSR count). The van der Waals surface area contributed by atoms with E-state index in [1.807, 2.05) is 0 Å². The van der Waals surface area contributed by atoms with Gasteiger partial charge in [-0.1, -0.05) is 25.4 Å². The van der Waals surface area contributed by atoms with Crippen molar-refractivity contribution in [2.24, 2.45) is 0 Å². The third-order valence-corrected chi connectivity index (χ3v) is 2.45. The molecule has 0 amide bonds. The minimum atomic E-state index is -0.848. The molecule has 78 valence electrons. The first-order valence-electron chi connectivity index (χ1n) is 4.18. The zero-order valence-electron chi connectivity index (χ0n) is 8.01. The van der Waals surface area contributed by atoms with Crippen molar-refractivity contribution in [1.82, 2.24) is 0 Å². The first kappa shape index (κ1) is 11.3. The Labute approximate surface area is 86.9 Å². The van der Waals surface area contributed by atoms with Crippen LogP contribution in [0.1, 0.15) is 19.4 Å². The monoisotopic (exact) mass is 218 g/mol. The van der Waals surface area contributed by atoms with E-state index >= 15 is 0 Å². The normalized spacial score (nSPS) is 11.8. The number of phenols is 1. The molecule has 2 nitrogen and oxygen atoms in total. The predicted octanol–water partition coefficient (Wildman–Crippen LogP) is 2.45. The lowest BCUT2D eigenvalue weighted by atomic mass is 9.84. The summed E-state index contributed by atoms with van der Waals surface area (Å²) in [5.41, 5.74) is -0.800. The van der Waals surface area contributed by atoms with Crippen molar-refractivity contribution >= 4 is 11.6 Å². The van der Waals surface area contributed by atoms with Crippen LogP contribution < -0.4 is 0 Å². The fraction of sp³-hybridized carbons (Fsp3) is 0.400. The van der Waals surface area contributed by atoms with E-state index in [0.29, 0.717) is 0 Å². The molecular formula is C10H12ClFO2. The largest absolute Gasteiger partial charge is 0.506 e. The number of rotatable bonds is 2. The fourth-order valence-electron chi connectivity index (χ4n) is 1.26. The number of hydrogen-bond donors (Lipinski definition) is 2. The molecular weight excluding hydrogens is 207 g/mol. The lowest BCUT2D eigenvalue weighted by molar-refractivity contribution is 0.211. The van der Waals surface area contributed by atoms with E-state index in [9.17, 15) is 9.50 Å². The number of aliphatic hydroxyl groups excluding tert-OH is 1. The van der Waals surface area contributed by atoms with Gasteiger partial charge < -0.3 is 10.2 Å². The SMILES string of the molecule is CC(C)(CO)c1c(F)ccc(Cl)c1O. The summed E-state index contributed by atoms with van der Waals surface area (Å²) in [4.78, 5) is 0. The Morgan fingerprint density at radius 2 is 2.00 bits per heavy atom. The summed E-state index contributed by atoms with van der Waals surface area (Å²) in [5.74, 6) is -0.864. The average molecular weight is 219 g/mol. The second kappa shape index (κ2) is 3.75. The smallest absolute Gasteiger partial charge is 0.140 e. The van der Waals surface area contributed by atoms with Crippen LogP contribution >= 0.6 is 11.6 Å². The van der Waals surface area contributed by atoms with E-state index in [4.69, 9.17) is 16.7 Å². The molecule has 0 spiro atoms. The highest BCUT2D eigenvalue weighted by Gasteiger charge is 2.28. The summed E-state index contributed by atoms with van der Waals surface area (Å²) in [7, 11) is 0. The molecule has 0 saturated heterocycles. The minimum absolute atomic E-state index is 0.0486. The van der Waals surface area contributed by atoms with E-state index in [0.717, 1.165) is 0 Å². The van der Waals surface area contributed by atoms with E-state index in [-0.39, 0.29) is 22.9 Å². The van der Waals surface area contributed by atoms with Crippen molar-refractivity contribution in [3.63, 3.8) is 0 Å². The maximum Gasteiger partial charge on any atom is 0.140 e. The van der Waals surface area contributed by atoms with Crippen molar-refractivity contribution in [2.75, 3.05) is 6.61 Å². The second-order valence-corrected chi connectivity index (χ2v) is 4.20. The Kier molecular flexibility index (Phi) is 3.02. The Balaban J connectivity index is 3.40. The van der Waals surface area contributed by atoms with Gasteiger partial charge >= 0.3 is 0 Å². The maximum absolute atomic E-state index is 13.4. The predicted molar refractivity (Wildman–Crippen MR) is 53.2 cm³/mol. The molecule has 0 aliphatic rings. The van der Waals surface area contributed by atoms with Crippen molar-refractivity contribution in [3.8, 4) is 5.75 Å².